The van der Waals surface area contributed by atoms with E-state index in [1.54, 1.807) is 0 Å². The van der Waals surface area contributed by atoms with Gasteiger partial charge < -0.3 is 5.11 Å². The number of hydrogen-bond acceptors (Lipinski definition) is 4. The lowest BCUT2D eigenvalue weighted by Crippen LogP contribution is -1.99. The largest absolute Gasteiger partial charge is 0.481 e. The molecule has 88 valence electrons. The summed E-state index contributed by atoms with van der Waals surface area (Å²) >= 11 is 0. The number of nitrogens with zero attached hydrogens (tertiary/aromatic N) is 2. The van der Waals surface area contributed by atoms with E-state index in [0.717, 1.165) is 11.1 Å². The first kappa shape index (κ1) is 11.3. The Labute approximate surface area is 98.0 Å². The summed E-state index contributed by atoms with van der Waals surface area (Å²) in [6.45, 7) is 1.96. The second-order valence-corrected chi connectivity index (χ2v) is 3.77. The number of aliphatic carboxylic acids is 1. The van der Waals surface area contributed by atoms with Gasteiger partial charge in [0.25, 0.3) is 0 Å². The molecule has 2 rings (SSSR count). The molecule has 0 aliphatic rings. The van der Waals surface area contributed by atoms with Gasteiger partial charge in [-0.15, -0.1) is 0 Å². The van der Waals surface area contributed by atoms with Crippen molar-refractivity contribution in [2.45, 2.75) is 19.8 Å². The highest BCUT2D eigenvalue weighted by Gasteiger charge is 2.14. The molecule has 1 heterocycles. The number of carboxylic acids is 1. The third kappa shape index (κ3) is 2.50. The first-order valence-corrected chi connectivity index (χ1v) is 5.27. The second kappa shape index (κ2) is 4.78. The summed E-state index contributed by atoms with van der Waals surface area (Å²) < 4.78 is 4.69. The van der Waals surface area contributed by atoms with Crippen LogP contribution in [0, 0.1) is 6.92 Å². The highest BCUT2D eigenvalue weighted by molar-refractivity contribution is 5.69. The van der Waals surface area contributed by atoms with Crippen molar-refractivity contribution in [2.24, 2.45) is 0 Å². The van der Waals surface area contributed by atoms with Crippen LogP contribution in [0.3, 0.4) is 0 Å². The summed E-state index contributed by atoms with van der Waals surface area (Å²) in [4.78, 5) is 10.5. The van der Waals surface area contributed by atoms with Crippen LogP contribution < -0.4 is 0 Å². The number of aromatic nitrogens is 2. The van der Waals surface area contributed by atoms with Crippen LogP contribution in [0.1, 0.15) is 17.7 Å². The van der Waals surface area contributed by atoms with Crippen molar-refractivity contribution in [3.8, 4) is 11.3 Å². The smallest absolute Gasteiger partial charge is 0.303 e. The molecule has 0 amide bonds. The van der Waals surface area contributed by atoms with E-state index in [1.807, 2.05) is 31.2 Å². The van der Waals surface area contributed by atoms with E-state index in [4.69, 9.17) is 9.74 Å². The maximum Gasteiger partial charge on any atom is 0.303 e. The lowest BCUT2D eigenvalue weighted by atomic mass is 10.0. The van der Waals surface area contributed by atoms with Crippen molar-refractivity contribution in [1.82, 2.24) is 10.3 Å². The minimum atomic E-state index is -0.858. The molecule has 0 aliphatic carbocycles. The summed E-state index contributed by atoms with van der Waals surface area (Å²) in [5.74, 6) is -0.858. The topological polar surface area (TPSA) is 76.2 Å². The molecule has 5 heteroatoms. The fourth-order valence-corrected chi connectivity index (χ4v) is 1.64. The van der Waals surface area contributed by atoms with Crippen molar-refractivity contribution in [2.75, 3.05) is 0 Å². The summed E-state index contributed by atoms with van der Waals surface area (Å²) in [5.41, 5.74) is 3.19. The van der Waals surface area contributed by atoms with Gasteiger partial charge in [-0.25, -0.2) is 4.63 Å². The minimum absolute atomic E-state index is 0.0209. The van der Waals surface area contributed by atoms with Crippen LogP contribution in [-0.4, -0.2) is 21.4 Å². The SMILES string of the molecule is Cc1ccccc1-c1nonc1CCC(=O)O. The number of carbonyl (C=O) groups is 1. The number of rotatable bonds is 4. The molecule has 0 saturated carbocycles. The maximum absolute atomic E-state index is 10.5. The highest BCUT2D eigenvalue weighted by atomic mass is 16.6. The van der Waals surface area contributed by atoms with Crippen molar-refractivity contribution in [3.63, 3.8) is 0 Å². The van der Waals surface area contributed by atoms with E-state index >= 15 is 0 Å². The Kier molecular flexibility index (Phi) is 3.18. The highest BCUT2D eigenvalue weighted by Crippen LogP contribution is 2.24. The molecule has 1 aromatic carbocycles. The van der Waals surface area contributed by atoms with E-state index in [1.165, 1.54) is 0 Å². The first-order valence-electron chi connectivity index (χ1n) is 5.27. The fraction of sp³-hybridized carbons (Fsp3) is 0.250. The van der Waals surface area contributed by atoms with Gasteiger partial charge in [-0.3, -0.25) is 4.79 Å². The van der Waals surface area contributed by atoms with Crippen molar-refractivity contribution in [1.29, 1.82) is 0 Å². The van der Waals surface area contributed by atoms with Crippen LogP contribution in [0.5, 0.6) is 0 Å². The Morgan fingerprint density at radius 2 is 2.12 bits per heavy atom. The molecule has 1 N–H and O–H groups in total. The van der Waals surface area contributed by atoms with Gasteiger partial charge >= 0.3 is 5.97 Å². The van der Waals surface area contributed by atoms with Gasteiger partial charge in [-0.05, 0) is 17.6 Å². The molecule has 0 spiro atoms. The van der Waals surface area contributed by atoms with Crippen LogP contribution in [0.2, 0.25) is 0 Å². The molecule has 2 aromatic rings. The van der Waals surface area contributed by atoms with Crippen LogP contribution in [0.25, 0.3) is 11.3 Å². The maximum atomic E-state index is 10.5. The third-order valence-electron chi connectivity index (χ3n) is 2.53. The molecule has 0 fully saturated rings. The zero-order valence-corrected chi connectivity index (χ0v) is 9.38. The summed E-state index contributed by atoms with van der Waals surface area (Å²) in [7, 11) is 0. The Hall–Kier alpha value is -2.17. The quantitative estimate of drug-likeness (QED) is 0.873. The molecule has 1 aromatic heterocycles. The zero-order valence-electron chi connectivity index (χ0n) is 9.38. The van der Waals surface area contributed by atoms with E-state index in [0.29, 0.717) is 17.8 Å². The summed E-state index contributed by atoms with van der Waals surface area (Å²) in [6, 6.07) is 7.71. The predicted molar refractivity (Wildman–Crippen MR) is 60.4 cm³/mol. The van der Waals surface area contributed by atoms with Crippen molar-refractivity contribution < 1.29 is 14.5 Å². The zero-order chi connectivity index (χ0) is 12.3. The molecular weight excluding hydrogens is 220 g/mol. The van der Waals surface area contributed by atoms with E-state index < -0.39 is 5.97 Å². The van der Waals surface area contributed by atoms with E-state index in [2.05, 4.69) is 10.3 Å². The normalized spacial score (nSPS) is 10.4. The van der Waals surface area contributed by atoms with Gasteiger partial charge in [-0.1, -0.05) is 29.4 Å². The molecule has 0 bridgehead atoms. The number of hydrogen-bond donors (Lipinski definition) is 1. The van der Waals surface area contributed by atoms with Crippen LogP contribution in [0.4, 0.5) is 0 Å². The molecule has 5 nitrogen and oxygen atoms in total. The van der Waals surface area contributed by atoms with Crippen molar-refractivity contribution >= 4 is 5.97 Å². The van der Waals surface area contributed by atoms with E-state index in [-0.39, 0.29) is 6.42 Å². The third-order valence-corrected chi connectivity index (χ3v) is 2.53. The van der Waals surface area contributed by atoms with Crippen LogP contribution in [-0.2, 0) is 11.2 Å². The monoisotopic (exact) mass is 232 g/mol. The predicted octanol–water partition coefficient (Wildman–Crippen LogP) is 2.06. The van der Waals surface area contributed by atoms with Crippen molar-refractivity contribution in [3.05, 3.63) is 35.5 Å². The van der Waals surface area contributed by atoms with E-state index in [9.17, 15) is 4.79 Å². The van der Waals surface area contributed by atoms with Gasteiger partial charge in [0, 0.05) is 12.0 Å². The number of carboxylic acid groups (broad SMARTS) is 1. The average molecular weight is 232 g/mol. The second-order valence-electron chi connectivity index (χ2n) is 3.77. The summed E-state index contributed by atoms with van der Waals surface area (Å²) in [5, 5.41) is 16.3. The summed E-state index contributed by atoms with van der Waals surface area (Å²) in [6.07, 6.45) is 0.343. The first-order chi connectivity index (χ1) is 8.18. The van der Waals surface area contributed by atoms with Gasteiger partial charge in [0.05, 0.1) is 6.42 Å². The van der Waals surface area contributed by atoms with Gasteiger partial charge in [0.1, 0.15) is 11.4 Å². The Morgan fingerprint density at radius 1 is 1.35 bits per heavy atom. The van der Waals surface area contributed by atoms with Gasteiger partial charge in [0.15, 0.2) is 0 Å². The molecule has 0 radical (unpaired) electrons. The minimum Gasteiger partial charge on any atom is -0.481 e. The Balaban J connectivity index is 2.31. The molecule has 0 atom stereocenters. The van der Waals surface area contributed by atoms with Crippen LogP contribution in [0.15, 0.2) is 28.9 Å². The molecule has 0 unspecified atom stereocenters. The Morgan fingerprint density at radius 3 is 2.82 bits per heavy atom. The van der Waals surface area contributed by atoms with Gasteiger partial charge in [0.2, 0.25) is 0 Å². The number of aryl methyl sites for hydroxylation is 2. The Bertz CT molecular complexity index is 534. The fourth-order valence-electron chi connectivity index (χ4n) is 1.64. The number of benzene rings is 1. The molecular formula is C12H12N2O3. The van der Waals surface area contributed by atoms with Crippen LogP contribution >= 0.6 is 0 Å². The molecule has 0 aliphatic heterocycles. The molecule has 17 heavy (non-hydrogen) atoms. The lowest BCUT2D eigenvalue weighted by Gasteiger charge is -2.02. The standard InChI is InChI=1S/C12H12N2O3/c1-8-4-2-3-5-9(8)12-10(13-17-14-12)6-7-11(15)16/h2-5H,6-7H2,1H3,(H,15,16). The average Bonchev–Trinajstić information content (AvgIpc) is 2.75. The lowest BCUT2D eigenvalue weighted by molar-refractivity contribution is -0.136. The molecule has 0 saturated heterocycles. The van der Waals surface area contributed by atoms with Gasteiger partial charge in [-0.2, -0.15) is 0 Å².